The summed E-state index contributed by atoms with van der Waals surface area (Å²) in [6.07, 6.45) is 48.1. The zero-order valence-corrected chi connectivity index (χ0v) is 31.0. The van der Waals surface area contributed by atoms with Crippen LogP contribution in [-0.4, -0.2) is 11.1 Å². The van der Waals surface area contributed by atoms with Crippen LogP contribution >= 0.6 is 0 Å². The summed E-state index contributed by atoms with van der Waals surface area (Å²) < 4.78 is 0. The zero-order valence-electron chi connectivity index (χ0n) is 31.0. The molecule has 0 radical (unpaired) electrons. The van der Waals surface area contributed by atoms with Gasteiger partial charge >= 0.3 is 5.97 Å². The quantitative estimate of drug-likeness (QED) is 0.0697. The minimum absolute atomic E-state index is 0.110. The van der Waals surface area contributed by atoms with Crippen LogP contribution in [0.4, 0.5) is 0 Å². The van der Waals surface area contributed by atoms with Crippen molar-refractivity contribution < 1.29 is 9.90 Å². The second kappa shape index (κ2) is 36.9. The molecular formula is C42H84O2. The number of carboxylic acid groups (broad SMARTS) is 1. The Morgan fingerprint density at radius 2 is 0.545 bits per heavy atom. The van der Waals surface area contributed by atoms with Crippen LogP contribution in [0, 0.1) is 11.8 Å². The van der Waals surface area contributed by atoms with Gasteiger partial charge in [-0.05, 0) is 25.2 Å². The molecule has 0 fully saturated rings. The number of carboxylic acids is 1. The summed E-state index contributed by atoms with van der Waals surface area (Å²) in [6, 6.07) is 0. The highest BCUT2D eigenvalue weighted by Gasteiger charge is 2.27. The highest BCUT2D eigenvalue weighted by Crippen LogP contribution is 2.30. The Morgan fingerprint density at radius 1 is 0.341 bits per heavy atom. The van der Waals surface area contributed by atoms with Crippen molar-refractivity contribution in [1.82, 2.24) is 0 Å². The molecule has 0 aromatic heterocycles. The molecule has 2 unspecified atom stereocenters. The Morgan fingerprint density at radius 3 is 0.773 bits per heavy atom. The van der Waals surface area contributed by atoms with Gasteiger partial charge in [0.25, 0.3) is 0 Å². The molecule has 0 amide bonds. The summed E-state index contributed by atoms with van der Waals surface area (Å²) in [7, 11) is 0. The number of rotatable bonds is 38. The third kappa shape index (κ3) is 31.5. The first-order valence-corrected chi connectivity index (χ1v) is 20.9. The van der Waals surface area contributed by atoms with Crippen molar-refractivity contribution in [3.63, 3.8) is 0 Å². The molecule has 2 heteroatoms. The van der Waals surface area contributed by atoms with Crippen molar-refractivity contribution in [2.75, 3.05) is 0 Å². The minimum Gasteiger partial charge on any atom is -0.481 e. The molecule has 0 aliphatic heterocycles. The maximum Gasteiger partial charge on any atom is 0.306 e. The Balaban J connectivity index is 4.06. The van der Waals surface area contributed by atoms with E-state index in [1.165, 1.54) is 205 Å². The van der Waals surface area contributed by atoms with E-state index < -0.39 is 5.97 Å². The predicted molar refractivity (Wildman–Crippen MR) is 198 cm³/mol. The lowest BCUT2D eigenvalue weighted by atomic mass is 9.80. The van der Waals surface area contributed by atoms with E-state index in [2.05, 4.69) is 20.8 Å². The van der Waals surface area contributed by atoms with E-state index >= 15 is 0 Å². The highest BCUT2D eigenvalue weighted by atomic mass is 16.4. The van der Waals surface area contributed by atoms with Gasteiger partial charge in [0.15, 0.2) is 0 Å². The van der Waals surface area contributed by atoms with Crippen LogP contribution in [0.25, 0.3) is 0 Å². The maximum absolute atomic E-state index is 12.4. The monoisotopic (exact) mass is 621 g/mol. The van der Waals surface area contributed by atoms with Gasteiger partial charge in [0.05, 0.1) is 5.92 Å². The molecular weight excluding hydrogens is 536 g/mol. The molecule has 44 heavy (non-hydrogen) atoms. The molecule has 0 aromatic carbocycles. The molecule has 0 aromatic rings. The van der Waals surface area contributed by atoms with Crippen LogP contribution in [0.5, 0.6) is 0 Å². The fraction of sp³-hybridized carbons (Fsp3) is 0.976. The Kier molecular flexibility index (Phi) is 36.5. The number of carbonyl (C=O) groups is 1. The Hall–Kier alpha value is -0.530. The third-order valence-corrected chi connectivity index (χ3v) is 10.4. The smallest absolute Gasteiger partial charge is 0.306 e. The van der Waals surface area contributed by atoms with Crippen molar-refractivity contribution in [3.8, 4) is 0 Å². The van der Waals surface area contributed by atoms with Crippen molar-refractivity contribution >= 4 is 5.97 Å². The summed E-state index contributed by atoms with van der Waals surface area (Å²) in [5.41, 5.74) is 0. The van der Waals surface area contributed by atoms with Crippen molar-refractivity contribution in [1.29, 1.82) is 0 Å². The molecule has 2 nitrogen and oxygen atoms in total. The molecule has 0 rings (SSSR count). The van der Waals surface area contributed by atoms with Gasteiger partial charge in [-0.2, -0.15) is 0 Å². The van der Waals surface area contributed by atoms with Gasteiger partial charge in [-0.15, -0.1) is 0 Å². The van der Waals surface area contributed by atoms with Gasteiger partial charge in [-0.3, -0.25) is 4.79 Å². The van der Waals surface area contributed by atoms with Gasteiger partial charge in [-0.1, -0.05) is 233 Å². The summed E-state index contributed by atoms with van der Waals surface area (Å²) in [6.45, 7) is 6.86. The van der Waals surface area contributed by atoms with E-state index in [1.807, 2.05) is 0 Å². The highest BCUT2D eigenvalue weighted by molar-refractivity contribution is 5.70. The first kappa shape index (κ1) is 43.5. The van der Waals surface area contributed by atoms with E-state index in [9.17, 15) is 9.90 Å². The summed E-state index contributed by atoms with van der Waals surface area (Å²) in [5.74, 6) is -0.223. The van der Waals surface area contributed by atoms with Gasteiger partial charge in [-0.25, -0.2) is 0 Å². The first-order chi connectivity index (χ1) is 21.7. The summed E-state index contributed by atoms with van der Waals surface area (Å²) >= 11 is 0. The number of hydrogen-bond donors (Lipinski definition) is 1. The topological polar surface area (TPSA) is 37.3 Å². The molecule has 1 N–H and O–H groups in total. The van der Waals surface area contributed by atoms with E-state index in [4.69, 9.17) is 0 Å². The van der Waals surface area contributed by atoms with Crippen LogP contribution in [-0.2, 0) is 4.79 Å². The van der Waals surface area contributed by atoms with Crippen LogP contribution in [0.15, 0.2) is 0 Å². The van der Waals surface area contributed by atoms with Crippen molar-refractivity contribution in [2.45, 2.75) is 252 Å². The van der Waals surface area contributed by atoms with E-state index in [-0.39, 0.29) is 5.92 Å². The molecule has 264 valence electrons. The Bertz CT molecular complexity index is 544. The van der Waals surface area contributed by atoms with E-state index in [0.717, 1.165) is 25.7 Å². The molecule has 0 aliphatic carbocycles. The molecule has 2 atom stereocenters. The Labute approximate surface area is 279 Å². The zero-order chi connectivity index (χ0) is 32.2. The number of hydrogen-bond acceptors (Lipinski definition) is 1. The van der Waals surface area contributed by atoms with Gasteiger partial charge in [0.1, 0.15) is 0 Å². The third-order valence-electron chi connectivity index (χ3n) is 10.4. The minimum atomic E-state index is -0.510. The normalized spacial score (nSPS) is 13.0. The fourth-order valence-electron chi connectivity index (χ4n) is 7.28. The van der Waals surface area contributed by atoms with E-state index in [0.29, 0.717) is 5.92 Å². The van der Waals surface area contributed by atoms with Crippen molar-refractivity contribution in [3.05, 3.63) is 0 Å². The predicted octanol–water partition coefficient (Wildman–Crippen LogP) is 15.4. The van der Waals surface area contributed by atoms with Gasteiger partial charge in [0, 0.05) is 0 Å². The lowest BCUT2D eigenvalue weighted by Crippen LogP contribution is -2.24. The standard InChI is InChI=1S/C42H84O2/c1-4-7-10-13-16-18-19-20-21-22-23-24-25-26-28-30-33-36-39-41(42(43)44)40(37-34-31-15-12-9-6-3)38-35-32-29-27-17-14-11-8-5-2/h40-41H,4-39H2,1-3H3,(H,43,44). The summed E-state index contributed by atoms with van der Waals surface area (Å²) in [4.78, 5) is 12.4. The molecule has 0 saturated heterocycles. The van der Waals surface area contributed by atoms with Crippen molar-refractivity contribution in [2.24, 2.45) is 11.8 Å². The molecule has 0 heterocycles. The fourth-order valence-corrected chi connectivity index (χ4v) is 7.28. The summed E-state index contributed by atoms with van der Waals surface area (Å²) in [5, 5.41) is 10.2. The first-order valence-electron chi connectivity index (χ1n) is 20.9. The lowest BCUT2D eigenvalue weighted by Gasteiger charge is -2.24. The van der Waals surface area contributed by atoms with Gasteiger partial charge in [0.2, 0.25) is 0 Å². The van der Waals surface area contributed by atoms with Crippen LogP contribution in [0.2, 0.25) is 0 Å². The van der Waals surface area contributed by atoms with Crippen LogP contribution < -0.4 is 0 Å². The maximum atomic E-state index is 12.4. The second-order valence-corrected chi connectivity index (χ2v) is 14.7. The van der Waals surface area contributed by atoms with Crippen LogP contribution in [0.3, 0.4) is 0 Å². The van der Waals surface area contributed by atoms with Crippen LogP contribution in [0.1, 0.15) is 252 Å². The molecule has 0 aliphatic rings. The average Bonchev–Trinajstić information content (AvgIpc) is 3.02. The van der Waals surface area contributed by atoms with E-state index in [1.54, 1.807) is 0 Å². The molecule has 0 bridgehead atoms. The molecule has 0 saturated carbocycles. The number of aliphatic carboxylic acids is 1. The second-order valence-electron chi connectivity index (χ2n) is 14.7. The molecule has 0 spiro atoms. The van der Waals surface area contributed by atoms with Gasteiger partial charge < -0.3 is 5.11 Å². The number of unbranched alkanes of at least 4 members (excludes halogenated alkanes) is 30. The average molecular weight is 621 g/mol. The largest absolute Gasteiger partial charge is 0.481 e. The lowest BCUT2D eigenvalue weighted by molar-refractivity contribution is -0.144. The SMILES string of the molecule is CCCCCCCCCCCCCCCCCCCCC(C(=O)O)C(CCCCCCCC)CCCCCCCCCCC.